The summed E-state index contributed by atoms with van der Waals surface area (Å²) >= 11 is 5.99. The van der Waals surface area contributed by atoms with Crippen LogP contribution in [0, 0.1) is 12.8 Å². The van der Waals surface area contributed by atoms with Gasteiger partial charge in [0.05, 0.1) is 5.02 Å². The predicted octanol–water partition coefficient (Wildman–Crippen LogP) is 1.93. The van der Waals surface area contributed by atoms with Crippen molar-refractivity contribution in [2.24, 2.45) is 5.92 Å². The van der Waals surface area contributed by atoms with Crippen molar-refractivity contribution >= 4 is 21.6 Å². The van der Waals surface area contributed by atoms with Gasteiger partial charge in [0.2, 0.25) is 10.0 Å². The van der Waals surface area contributed by atoms with Crippen molar-refractivity contribution in [3.8, 4) is 0 Å². The van der Waals surface area contributed by atoms with Gasteiger partial charge in [0, 0.05) is 6.54 Å². The SMILES string of the molecule is Cc1ccc(S(=O)(=O)NCC[C@@H]2CCNC2)c(Cl)c1. The summed E-state index contributed by atoms with van der Waals surface area (Å²) in [5.41, 5.74) is 0.945. The Kier molecular flexibility index (Phi) is 4.84. The van der Waals surface area contributed by atoms with Crippen LogP contribution in [0.2, 0.25) is 5.02 Å². The van der Waals surface area contributed by atoms with Crippen molar-refractivity contribution in [1.82, 2.24) is 10.0 Å². The summed E-state index contributed by atoms with van der Waals surface area (Å²) in [5.74, 6) is 0.566. The largest absolute Gasteiger partial charge is 0.316 e. The molecular weight excluding hydrogens is 284 g/mol. The van der Waals surface area contributed by atoms with Gasteiger partial charge in [0.1, 0.15) is 4.90 Å². The Morgan fingerprint density at radius 2 is 2.26 bits per heavy atom. The Morgan fingerprint density at radius 1 is 1.47 bits per heavy atom. The van der Waals surface area contributed by atoms with Crippen LogP contribution in [-0.2, 0) is 10.0 Å². The smallest absolute Gasteiger partial charge is 0.242 e. The molecule has 0 bridgehead atoms. The summed E-state index contributed by atoms with van der Waals surface area (Å²) < 4.78 is 26.9. The zero-order chi connectivity index (χ0) is 13.9. The third-order valence-corrected chi connectivity index (χ3v) is 5.33. The van der Waals surface area contributed by atoms with E-state index in [1.54, 1.807) is 18.2 Å². The molecule has 0 aliphatic carbocycles. The van der Waals surface area contributed by atoms with Gasteiger partial charge in [-0.1, -0.05) is 17.7 Å². The van der Waals surface area contributed by atoms with Gasteiger partial charge < -0.3 is 5.32 Å². The summed E-state index contributed by atoms with van der Waals surface area (Å²) in [4.78, 5) is 0.157. The van der Waals surface area contributed by atoms with E-state index in [-0.39, 0.29) is 9.92 Å². The molecule has 2 N–H and O–H groups in total. The van der Waals surface area contributed by atoms with Crippen LogP contribution in [0.25, 0.3) is 0 Å². The van der Waals surface area contributed by atoms with Crippen LogP contribution in [0.4, 0.5) is 0 Å². The highest BCUT2D eigenvalue weighted by atomic mass is 35.5. The summed E-state index contributed by atoms with van der Waals surface area (Å²) in [7, 11) is -3.50. The van der Waals surface area contributed by atoms with Gasteiger partial charge in [-0.3, -0.25) is 0 Å². The predicted molar refractivity (Wildman–Crippen MR) is 77.0 cm³/mol. The molecule has 1 atom stereocenters. The van der Waals surface area contributed by atoms with E-state index in [1.807, 2.05) is 6.92 Å². The summed E-state index contributed by atoms with van der Waals surface area (Å²) in [5, 5.41) is 3.54. The number of nitrogens with one attached hydrogen (secondary N) is 2. The lowest BCUT2D eigenvalue weighted by atomic mass is 10.1. The van der Waals surface area contributed by atoms with Crippen molar-refractivity contribution < 1.29 is 8.42 Å². The van der Waals surface area contributed by atoms with Crippen molar-refractivity contribution in [1.29, 1.82) is 0 Å². The van der Waals surface area contributed by atoms with Gasteiger partial charge in [0.15, 0.2) is 0 Å². The first kappa shape index (κ1) is 14.8. The van der Waals surface area contributed by atoms with Crippen molar-refractivity contribution in [3.63, 3.8) is 0 Å². The molecule has 0 unspecified atom stereocenters. The number of benzene rings is 1. The van der Waals surface area contributed by atoms with E-state index in [0.29, 0.717) is 12.5 Å². The second-order valence-corrected chi connectivity index (χ2v) is 7.12. The minimum atomic E-state index is -3.50. The Morgan fingerprint density at radius 3 is 2.89 bits per heavy atom. The highest BCUT2D eigenvalue weighted by Gasteiger charge is 2.19. The van der Waals surface area contributed by atoms with Gasteiger partial charge in [0.25, 0.3) is 0 Å². The van der Waals surface area contributed by atoms with Crippen LogP contribution < -0.4 is 10.0 Å². The summed E-state index contributed by atoms with van der Waals surface area (Å²) in [6.45, 7) is 4.34. The van der Waals surface area contributed by atoms with Gasteiger partial charge in [-0.2, -0.15) is 0 Å². The number of hydrogen-bond acceptors (Lipinski definition) is 3. The molecule has 106 valence electrons. The van der Waals surface area contributed by atoms with Gasteiger partial charge >= 0.3 is 0 Å². The van der Waals surface area contributed by atoms with Crippen LogP contribution in [0.1, 0.15) is 18.4 Å². The first-order valence-electron chi connectivity index (χ1n) is 6.45. The minimum Gasteiger partial charge on any atom is -0.316 e. The van der Waals surface area contributed by atoms with Crippen molar-refractivity contribution in [2.75, 3.05) is 19.6 Å². The molecule has 0 spiro atoms. The maximum absolute atomic E-state index is 12.1. The lowest BCUT2D eigenvalue weighted by Crippen LogP contribution is -2.27. The average molecular weight is 303 g/mol. The molecule has 1 heterocycles. The Balaban J connectivity index is 1.97. The molecule has 0 aromatic heterocycles. The lowest BCUT2D eigenvalue weighted by molar-refractivity contribution is 0.519. The van der Waals surface area contributed by atoms with Crippen molar-refractivity contribution in [3.05, 3.63) is 28.8 Å². The van der Waals surface area contributed by atoms with E-state index in [0.717, 1.165) is 31.5 Å². The second kappa shape index (κ2) is 6.22. The zero-order valence-corrected chi connectivity index (χ0v) is 12.5. The molecule has 6 heteroatoms. The van der Waals surface area contributed by atoms with Crippen LogP contribution in [0.5, 0.6) is 0 Å². The topological polar surface area (TPSA) is 58.2 Å². The van der Waals surface area contributed by atoms with E-state index in [4.69, 9.17) is 11.6 Å². The van der Waals surface area contributed by atoms with Crippen LogP contribution in [-0.4, -0.2) is 28.1 Å². The van der Waals surface area contributed by atoms with E-state index >= 15 is 0 Å². The molecule has 1 aliphatic rings. The Labute approximate surface area is 119 Å². The maximum atomic E-state index is 12.1. The highest BCUT2D eigenvalue weighted by Crippen LogP contribution is 2.22. The number of aryl methyl sites for hydroxylation is 1. The number of rotatable bonds is 5. The Bertz CT molecular complexity index is 540. The van der Waals surface area contributed by atoms with Gasteiger partial charge in [-0.15, -0.1) is 0 Å². The third-order valence-electron chi connectivity index (χ3n) is 3.38. The molecule has 1 aliphatic heterocycles. The molecular formula is C13H19ClN2O2S. The lowest BCUT2D eigenvalue weighted by Gasteiger charge is -2.11. The van der Waals surface area contributed by atoms with E-state index in [9.17, 15) is 8.42 Å². The first-order valence-corrected chi connectivity index (χ1v) is 8.32. The fraction of sp³-hybridized carbons (Fsp3) is 0.538. The van der Waals surface area contributed by atoms with Crippen LogP contribution in [0.15, 0.2) is 23.1 Å². The first-order chi connectivity index (χ1) is 8.99. The minimum absolute atomic E-state index is 0.157. The average Bonchev–Trinajstić information content (AvgIpc) is 2.81. The molecule has 0 amide bonds. The summed E-state index contributed by atoms with van der Waals surface area (Å²) in [6, 6.07) is 4.97. The van der Waals surface area contributed by atoms with Crippen LogP contribution >= 0.6 is 11.6 Å². The fourth-order valence-corrected chi connectivity index (χ4v) is 3.90. The molecule has 1 aromatic carbocycles. The zero-order valence-electron chi connectivity index (χ0n) is 10.9. The van der Waals surface area contributed by atoms with Crippen LogP contribution in [0.3, 0.4) is 0 Å². The van der Waals surface area contributed by atoms with E-state index < -0.39 is 10.0 Å². The van der Waals surface area contributed by atoms with Crippen molar-refractivity contribution in [2.45, 2.75) is 24.7 Å². The highest BCUT2D eigenvalue weighted by molar-refractivity contribution is 7.89. The van der Waals surface area contributed by atoms with E-state index in [1.165, 1.54) is 0 Å². The number of hydrogen-bond donors (Lipinski definition) is 2. The fourth-order valence-electron chi connectivity index (χ4n) is 2.26. The molecule has 0 saturated carbocycles. The normalized spacial score (nSPS) is 19.8. The standard InChI is InChI=1S/C13H19ClN2O2S/c1-10-2-3-13(12(14)8-10)19(17,18)16-7-5-11-4-6-15-9-11/h2-3,8,11,15-16H,4-7,9H2,1H3/t11-/m0/s1. The molecule has 1 saturated heterocycles. The summed E-state index contributed by atoms with van der Waals surface area (Å²) in [6.07, 6.45) is 1.97. The monoisotopic (exact) mass is 302 g/mol. The second-order valence-electron chi connectivity index (χ2n) is 4.98. The molecule has 4 nitrogen and oxygen atoms in total. The third kappa shape index (κ3) is 3.92. The molecule has 0 radical (unpaired) electrons. The quantitative estimate of drug-likeness (QED) is 0.874. The molecule has 19 heavy (non-hydrogen) atoms. The van der Waals surface area contributed by atoms with Gasteiger partial charge in [-0.25, -0.2) is 13.1 Å². The number of sulfonamides is 1. The molecule has 2 rings (SSSR count). The molecule has 1 fully saturated rings. The Hall–Kier alpha value is -0.620. The maximum Gasteiger partial charge on any atom is 0.242 e. The number of halogens is 1. The van der Waals surface area contributed by atoms with Gasteiger partial charge in [-0.05, 0) is 56.5 Å². The van der Waals surface area contributed by atoms with E-state index in [2.05, 4.69) is 10.0 Å². The molecule has 1 aromatic rings.